The summed E-state index contributed by atoms with van der Waals surface area (Å²) in [6.45, 7) is 0.727. The predicted octanol–water partition coefficient (Wildman–Crippen LogP) is 3.65. The maximum Gasteiger partial charge on any atom is 0.261 e. The van der Waals surface area contributed by atoms with Crippen LogP contribution in [0.25, 0.3) is 16.6 Å². The van der Waals surface area contributed by atoms with Crippen molar-refractivity contribution >= 4 is 16.6 Å². The van der Waals surface area contributed by atoms with Gasteiger partial charge in [-0.1, -0.05) is 18.2 Å². The number of imidazole rings is 1. The van der Waals surface area contributed by atoms with Crippen molar-refractivity contribution in [2.75, 3.05) is 6.54 Å². The molecule has 4 heterocycles. The molecule has 1 fully saturated rings. The first-order valence-electron chi connectivity index (χ1n) is 10.0. The lowest BCUT2D eigenvalue weighted by Crippen LogP contribution is -2.33. The van der Waals surface area contributed by atoms with Crippen LogP contribution in [0, 0.1) is 0 Å². The molecule has 1 saturated heterocycles. The highest BCUT2D eigenvalue weighted by Gasteiger charge is 2.31. The molecular formula is C22H21F2N5O. The van der Waals surface area contributed by atoms with E-state index >= 15 is 0 Å². The summed E-state index contributed by atoms with van der Waals surface area (Å²) in [7, 11) is 0. The molecule has 0 saturated carbocycles. The first-order chi connectivity index (χ1) is 14.6. The fourth-order valence-corrected chi connectivity index (χ4v) is 4.33. The summed E-state index contributed by atoms with van der Waals surface area (Å²) in [4.78, 5) is 24.5. The molecule has 0 amide bonds. The van der Waals surface area contributed by atoms with Crippen molar-refractivity contribution in [3.63, 3.8) is 0 Å². The van der Waals surface area contributed by atoms with E-state index in [0.29, 0.717) is 23.3 Å². The minimum Gasteiger partial charge on any atom is -0.307 e. The summed E-state index contributed by atoms with van der Waals surface area (Å²) in [6.07, 6.45) is 2.97. The topological polar surface area (TPSA) is 55.4 Å². The number of nitrogens with zero attached hydrogens (tertiary/aromatic N) is 5. The van der Waals surface area contributed by atoms with Gasteiger partial charge in [0, 0.05) is 18.9 Å². The number of benzene rings is 1. The first kappa shape index (κ1) is 18.9. The number of likely N-dealkylation sites (tertiary alicyclic amines) is 1. The molecule has 3 aromatic heterocycles. The second-order valence-corrected chi connectivity index (χ2v) is 7.62. The molecule has 1 aromatic carbocycles. The normalized spacial score (nSPS) is 17.5. The maximum atomic E-state index is 13.3. The molecule has 1 aliphatic heterocycles. The van der Waals surface area contributed by atoms with Gasteiger partial charge in [-0.15, -0.1) is 0 Å². The van der Waals surface area contributed by atoms with E-state index in [0.717, 1.165) is 30.7 Å². The number of para-hydroxylation sites is 1. The van der Waals surface area contributed by atoms with Crippen molar-refractivity contribution < 1.29 is 8.78 Å². The Bertz CT molecular complexity index is 1230. The average Bonchev–Trinajstić information content (AvgIpc) is 3.36. The summed E-state index contributed by atoms with van der Waals surface area (Å²) in [5.74, 6) is 0.417. The molecule has 0 aliphatic carbocycles. The van der Waals surface area contributed by atoms with Crippen LogP contribution < -0.4 is 5.56 Å². The molecule has 0 bridgehead atoms. The number of halogens is 2. The van der Waals surface area contributed by atoms with Crippen molar-refractivity contribution in [2.24, 2.45) is 0 Å². The van der Waals surface area contributed by atoms with Gasteiger partial charge in [-0.05, 0) is 43.7 Å². The Morgan fingerprint density at radius 2 is 1.93 bits per heavy atom. The largest absolute Gasteiger partial charge is 0.307 e. The first-order valence-corrected chi connectivity index (χ1v) is 10.0. The number of fused-ring (bicyclic) bond motifs is 2. The van der Waals surface area contributed by atoms with E-state index in [1.807, 2.05) is 35.0 Å². The van der Waals surface area contributed by atoms with E-state index < -0.39 is 18.5 Å². The van der Waals surface area contributed by atoms with E-state index in [-0.39, 0.29) is 6.04 Å². The van der Waals surface area contributed by atoms with E-state index in [1.165, 1.54) is 4.57 Å². The Labute approximate surface area is 171 Å². The lowest BCUT2D eigenvalue weighted by atomic mass is 10.1. The summed E-state index contributed by atoms with van der Waals surface area (Å²) in [6, 6.07) is 12.5. The van der Waals surface area contributed by atoms with Gasteiger partial charge in [-0.3, -0.25) is 14.3 Å². The summed E-state index contributed by atoms with van der Waals surface area (Å²) in [5, 5.41) is 0.367. The molecule has 0 radical (unpaired) electrons. The van der Waals surface area contributed by atoms with Crippen LogP contribution in [0.3, 0.4) is 0 Å². The van der Waals surface area contributed by atoms with Gasteiger partial charge in [0.25, 0.3) is 12.0 Å². The molecule has 1 aliphatic rings. The molecule has 0 spiro atoms. The molecule has 1 atom stereocenters. The van der Waals surface area contributed by atoms with Crippen molar-refractivity contribution in [1.29, 1.82) is 0 Å². The number of pyridine rings is 1. The van der Waals surface area contributed by atoms with Crippen LogP contribution >= 0.6 is 0 Å². The predicted molar refractivity (Wildman–Crippen MR) is 110 cm³/mol. The van der Waals surface area contributed by atoms with Crippen molar-refractivity contribution in [3.8, 4) is 0 Å². The van der Waals surface area contributed by atoms with E-state index in [4.69, 9.17) is 0 Å². The van der Waals surface area contributed by atoms with Crippen LogP contribution in [-0.2, 0) is 13.1 Å². The van der Waals surface area contributed by atoms with Gasteiger partial charge in [-0.2, -0.15) is 0 Å². The molecule has 0 N–H and O–H groups in total. The quantitative estimate of drug-likeness (QED) is 0.505. The Morgan fingerprint density at radius 3 is 2.77 bits per heavy atom. The Hall–Kier alpha value is -3.13. The number of alkyl halides is 2. The molecule has 4 aromatic rings. The summed E-state index contributed by atoms with van der Waals surface area (Å²) >= 11 is 0. The number of aromatic nitrogens is 4. The zero-order valence-corrected chi connectivity index (χ0v) is 16.3. The van der Waals surface area contributed by atoms with Crippen LogP contribution in [0.1, 0.15) is 30.4 Å². The van der Waals surface area contributed by atoms with Gasteiger partial charge in [0.2, 0.25) is 0 Å². The maximum absolute atomic E-state index is 13.3. The highest BCUT2D eigenvalue weighted by molar-refractivity contribution is 5.77. The molecule has 6 nitrogen and oxygen atoms in total. The third-order valence-corrected chi connectivity index (χ3v) is 5.65. The van der Waals surface area contributed by atoms with E-state index in [2.05, 4.69) is 14.9 Å². The van der Waals surface area contributed by atoms with Crippen molar-refractivity contribution in [3.05, 3.63) is 76.7 Å². The van der Waals surface area contributed by atoms with E-state index in [1.54, 1.807) is 24.3 Å². The lowest BCUT2D eigenvalue weighted by Gasteiger charge is -2.26. The second kappa shape index (κ2) is 7.60. The van der Waals surface area contributed by atoms with Gasteiger partial charge in [0.05, 0.1) is 29.2 Å². The Balaban J connectivity index is 1.55. The SMILES string of the molecule is O=c1c2ccccc2nc(C2CCCN2Cc2cn3ccccc3n2)n1CC(F)F. The highest BCUT2D eigenvalue weighted by atomic mass is 19.3. The zero-order chi connectivity index (χ0) is 20.7. The molecule has 154 valence electrons. The van der Waals surface area contributed by atoms with Crippen LogP contribution in [0.15, 0.2) is 59.7 Å². The third kappa shape index (κ3) is 3.37. The Morgan fingerprint density at radius 1 is 1.10 bits per heavy atom. The van der Waals surface area contributed by atoms with E-state index in [9.17, 15) is 13.6 Å². The van der Waals surface area contributed by atoms with Crippen molar-refractivity contribution in [2.45, 2.75) is 38.4 Å². The number of hydrogen-bond acceptors (Lipinski definition) is 4. The monoisotopic (exact) mass is 409 g/mol. The van der Waals surface area contributed by atoms with Crippen LogP contribution in [0.5, 0.6) is 0 Å². The second-order valence-electron chi connectivity index (χ2n) is 7.62. The number of rotatable bonds is 5. The smallest absolute Gasteiger partial charge is 0.261 e. The van der Waals surface area contributed by atoms with Gasteiger partial charge in [0.15, 0.2) is 0 Å². The fraction of sp³-hybridized carbons (Fsp3) is 0.318. The van der Waals surface area contributed by atoms with Gasteiger partial charge in [-0.25, -0.2) is 18.7 Å². The van der Waals surface area contributed by atoms with Crippen LogP contribution in [0.2, 0.25) is 0 Å². The standard InChI is InChI=1S/C22H21F2N5O/c23-19(24)14-29-21(26-17-7-2-1-6-16(17)22(29)30)18-8-5-11-27(18)12-15-13-28-10-4-3-9-20(28)25-15/h1-4,6-7,9-10,13,18-19H,5,8,11-12,14H2. The highest BCUT2D eigenvalue weighted by Crippen LogP contribution is 2.32. The summed E-state index contributed by atoms with van der Waals surface area (Å²) < 4.78 is 29.8. The minimum absolute atomic E-state index is 0.203. The Kier molecular flexibility index (Phi) is 4.78. The fourth-order valence-electron chi connectivity index (χ4n) is 4.33. The van der Waals surface area contributed by atoms with Crippen LogP contribution in [-0.4, -0.2) is 36.8 Å². The molecule has 1 unspecified atom stereocenters. The summed E-state index contributed by atoms with van der Waals surface area (Å²) in [5.41, 5.74) is 1.90. The van der Waals surface area contributed by atoms with Gasteiger partial charge in [0.1, 0.15) is 11.5 Å². The molecule has 5 rings (SSSR count). The van der Waals surface area contributed by atoms with Gasteiger partial charge < -0.3 is 4.40 Å². The zero-order valence-electron chi connectivity index (χ0n) is 16.3. The lowest BCUT2D eigenvalue weighted by molar-refractivity contribution is 0.120. The number of hydrogen-bond donors (Lipinski definition) is 0. The average molecular weight is 409 g/mol. The van der Waals surface area contributed by atoms with Gasteiger partial charge >= 0.3 is 0 Å². The molecule has 30 heavy (non-hydrogen) atoms. The third-order valence-electron chi connectivity index (χ3n) is 5.65. The van der Waals surface area contributed by atoms with Crippen LogP contribution in [0.4, 0.5) is 8.78 Å². The minimum atomic E-state index is -2.63. The molecular weight excluding hydrogens is 388 g/mol. The molecule has 8 heteroatoms. The van der Waals surface area contributed by atoms with Crippen molar-refractivity contribution in [1.82, 2.24) is 23.8 Å².